The first-order chi connectivity index (χ1) is 18.7. The predicted octanol–water partition coefficient (Wildman–Crippen LogP) is 2.94. The second-order valence-corrected chi connectivity index (χ2v) is 11.9. The second-order valence-electron chi connectivity index (χ2n) is 9.78. The van der Waals surface area contributed by atoms with Crippen molar-refractivity contribution >= 4 is 37.0 Å². The molecular formula is C24H33ClN7O6P. The van der Waals surface area contributed by atoms with Crippen LogP contribution in [0.3, 0.4) is 0 Å². The third-order valence-electron chi connectivity index (χ3n) is 6.83. The lowest BCUT2D eigenvalue weighted by Crippen LogP contribution is -2.47. The minimum absolute atomic E-state index is 0.0617. The summed E-state index contributed by atoms with van der Waals surface area (Å²) in [4.78, 5) is 23.3. The van der Waals surface area contributed by atoms with Gasteiger partial charge in [0, 0.05) is 19.0 Å². The molecule has 0 spiro atoms. The Kier molecular flexibility index (Phi) is 8.18. The van der Waals surface area contributed by atoms with Gasteiger partial charge in [0.2, 0.25) is 0 Å². The number of esters is 1. The van der Waals surface area contributed by atoms with Crippen LogP contribution in [0, 0.1) is 5.92 Å². The minimum Gasteiger partial charge on any atom is -0.468 e. The summed E-state index contributed by atoms with van der Waals surface area (Å²) in [5, 5.41) is 6.08. The number of aromatic nitrogens is 2. The van der Waals surface area contributed by atoms with Gasteiger partial charge in [0.25, 0.3) is 0 Å². The van der Waals surface area contributed by atoms with Gasteiger partial charge in [-0.2, -0.15) is 5.09 Å². The molecule has 5 rings (SSSR count). The minimum atomic E-state index is -4.07. The number of rotatable bonds is 9. The molecule has 0 bridgehead atoms. The van der Waals surface area contributed by atoms with Crippen LogP contribution >= 0.6 is 19.3 Å². The number of aliphatic imine (C=N–C) groups is 1. The van der Waals surface area contributed by atoms with Crippen molar-refractivity contribution in [3.8, 4) is 5.75 Å². The number of ether oxygens (including phenoxy) is 2. The molecule has 4 N–H and O–H groups in total. The number of hydrogen-bond acceptors (Lipinski definition) is 11. The molecule has 1 aromatic carbocycles. The molecule has 15 heteroatoms. The maximum absolute atomic E-state index is 13.7. The highest BCUT2D eigenvalue weighted by atomic mass is 35.5. The predicted molar refractivity (Wildman–Crippen MR) is 144 cm³/mol. The molecule has 212 valence electrons. The van der Waals surface area contributed by atoms with Gasteiger partial charge in [-0.25, -0.2) is 14.5 Å². The number of nitrogens with zero attached hydrogens (tertiary/aromatic N) is 4. The van der Waals surface area contributed by atoms with Crippen molar-refractivity contribution in [1.29, 1.82) is 0 Å². The first-order valence-electron chi connectivity index (χ1n) is 12.8. The molecule has 13 nitrogen and oxygen atoms in total. The van der Waals surface area contributed by atoms with E-state index in [1.54, 1.807) is 30.6 Å². The standard InChI is InChI=1S/C24H33ClN7O6P/c1-14-11-16(12-36-39(34,30-15(2)23(33)35-3)38-18-8-5-4-7-17(18)25)37-22(14)32-13-27-19-20(31-9-6-10-31)28-24(26)29-21(19)32/h4-5,7-8,13-16,22,24,29H,6,9-12,26H2,1-3H3,(H,30,34). The maximum Gasteiger partial charge on any atom is 0.459 e. The number of carbonyl (C=O) groups is 1. The number of anilines is 1. The summed E-state index contributed by atoms with van der Waals surface area (Å²) in [6, 6.07) is 5.60. The average Bonchev–Trinajstić information content (AvgIpc) is 3.45. The molecule has 2 aromatic rings. The van der Waals surface area contributed by atoms with Gasteiger partial charge in [-0.05, 0) is 31.9 Å². The van der Waals surface area contributed by atoms with Gasteiger partial charge in [-0.3, -0.25) is 19.6 Å². The van der Waals surface area contributed by atoms with E-state index in [1.807, 2.05) is 4.57 Å². The van der Waals surface area contributed by atoms with Crippen LogP contribution in [-0.2, 0) is 23.4 Å². The fourth-order valence-corrected chi connectivity index (χ4v) is 6.50. The van der Waals surface area contributed by atoms with Crippen LogP contribution < -0.4 is 20.7 Å². The quantitative estimate of drug-likeness (QED) is 0.296. The molecule has 0 amide bonds. The molecule has 4 heterocycles. The largest absolute Gasteiger partial charge is 0.468 e. The van der Waals surface area contributed by atoms with Gasteiger partial charge in [0.15, 0.2) is 12.1 Å². The van der Waals surface area contributed by atoms with Crippen molar-refractivity contribution in [3.63, 3.8) is 0 Å². The van der Waals surface area contributed by atoms with E-state index >= 15 is 0 Å². The molecule has 0 aliphatic carbocycles. The lowest BCUT2D eigenvalue weighted by atomic mass is 10.1. The Balaban J connectivity index is 1.29. The highest BCUT2D eigenvalue weighted by Gasteiger charge is 2.40. The molecule has 1 aromatic heterocycles. The molecule has 6 atom stereocenters. The van der Waals surface area contributed by atoms with E-state index in [0.29, 0.717) is 6.42 Å². The summed E-state index contributed by atoms with van der Waals surface area (Å²) < 4.78 is 38.2. The molecule has 3 aliphatic rings. The monoisotopic (exact) mass is 581 g/mol. The molecule has 3 aliphatic heterocycles. The van der Waals surface area contributed by atoms with Gasteiger partial charge in [0.05, 0.1) is 31.2 Å². The third-order valence-corrected chi connectivity index (χ3v) is 8.77. The van der Waals surface area contributed by atoms with E-state index in [2.05, 4.69) is 32.2 Å². The highest BCUT2D eigenvalue weighted by Crippen LogP contribution is 2.48. The Morgan fingerprint density at radius 2 is 2.15 bits per heavy atom. The van der Waals surface area contributed by atoms with E-state index in [1.165, 1.54) is 14.0 Å². The Morgan fingerprint density at radius 3 is 2.85 bits per heavy atom. The molecular weight excluding hydrogens is 549 g/mol. The molecule has 0 saturated carbocycles. The van der Waals surface area contributed by atoms with Gasteiger partial charge in [0.1, 0.15) is 29.5 Å². The molecule has 6 unspecified atom stereocenters. The number of nitrogens with one attached hydrogen (secondary N) is 2. The maximum atomic E-state index is 13.7. The number of hydrogen-bond donors (Lipinski definition) is 3. The van der Waals surface area contributed by atoms with E-state index in [0.717, 1.165) is 36.9 Å². The lowest BCUT2D eigenvalue weighted by Gasteiger charge is -2.36. The van der Waals surface area contributed by atoms with E-state index < -0.39 is 32.2 Å². The molecule has 0 radical (unpaired) electrons. The van der Waals surface area contributed by atoms with Crippen LogP contribution in [0.25, 0.3) is 0 Å². The Bertz CT molecular complexity index is 1290. The number of benzene rings is 1. The van der Waals surface area contributed by atoms with Crippen LogP contribution in [0.5, 0.6) is 5.75 Å². The van der Waals surface area contributed by atoms with E-state index in [9.17, 15) is 9.36 Å². The van der Waals surface area contributed by atoms with E-state index in [4.69, 9.17) is 35.9 Å². The first-order valence-corrected chi connectivity index (χ1v) is 14.7. The van der Waals surface area contributed by atoms with Gasteiger partial charge < -0.3 is 24.2 Å². The SMILES string of the molecule is COC(=O)C(C)NP(=O)(OCC1CC(C)C(n2cnc3c2NC(N)N=C3N2CCC2)O1)Oc1ccccc1Cl. The highest BCUT2D eigenvalue weighted by molar-refractivity contribution is 7.52. The summed E-state index contributed by atoms with van der Waals surface area (Å²) in [7, 11) is -2.83. The summed E-state index contributed by atoms with van der Waals surface area (Å²) in [6.07, 6.45) is 2.09. The van der Waals surface area contributed by atoms with Crippen molar-refractivity contribution in [2.45, 2.75) is 51.4 Å². The van der Waals surface area contributed by atoms with E-state index in [-0.39, 0.29) is 29.5 Å². The first kappa shape index (κ1) is 27.9. The van der Waals surface area contributed by atoms with Crippen LogP contribution in [0.2, 0.25) is 5.02 Å². The number of methoxy groups -OCH3 is 1. The summed E-state index contributed by atoms with van der Waals surface area (Å²) in [6.45, 7) is 5.34. The molecule has 2 saturated heterocycles. The average molecular weight is 582 g/mol. The number of nitrogens with two attached hydrogens (primary N) is 1. The Morgan fingerprint density at radius 1 is 1.38 bits per heavy atom. The zero-order valence-electron chi connectivity index (χ0n) is 21.9. The van der Waals surface area contributed by atoms with Crippen LogP contribution in [0.15, 0.2) is 35.6 Å². The van der Waals surface area contributed by atoms with Crippen molar-refractivity contribution in [2.75, 3.05) is 32.1 Å². The fraction of sp³-hybridized carbons (Fsp3) is 0.542. The van der Waals surface area contributed by atoms with Crippen molar-refractivity contribution < 1.29 is 27.9 Å². The zero-order valence-corrected chi connectivity index (χ0v) is 23.6. The number of para-hydroxylation sites is 1. The second kappa shape index (κ2) is 11.4. The van der Waals surface area contributed by atoms with Crippen molar-refractivity contribution in [3.05, 3.63) is 41.3 Å². The summed E-state index contributed by atoms with van der Waals surface area (Å²) in [5.74, 6) is 1.14. The molecule has 39 heavy (non-hydrogen) atoms. The number of carbonyl (C=O) groups excluding carboxylic acids is 1. The van der Waals surface area contributed by atoms with Crippen LogP contribution in [0.4, 0.5) is 5.82 Å². The normalized spacial score (nSPS) is 26.5. The Labute approximate surface area is 231 Å². The number of imidazole rings is 1. The number of fused-ring (bicyclic) bond motifs is 1. The van der Waals surface area contributed by atoms with Crippen molar-refractivity contribution in [2.24, 2.45) is 16.6 Å². The van der Waals surface area contributed by atoms with Gasteiger partial charge >= 0.3 is 13.7 Å². The topological polar surface area (TPSA) is 155 Å². The van der Waals surface area contributed by atoms with Crippen LogP contribution in [-0.4, -0.2) is 71.5 Å². The summed E-state index contributed by atoms with van der Waals surface area (Å²) >= 11 is 6.21. The van der Waals surface area contributed by atoms with Gasteiger partial charge in [-0.1, -0.05) is 30.7 Å². The Hall–Kier alpha value is -2.67. The van der Waals surface area contributed by atoms with Crippen LogP contribution in [0.1, 0.15) is 38.6 Å². The van der Waals surface area contributed by atoms with Gasteiger partial charge in [-0.15, -0.1) is 0 Å². The molecule has 2 fully saturated rings. The zero-order chi connectivity index (χ0) is 27.7. The number of amidine groups is 1. The third kappa shape index (κ3) is 5.93. The lowest BCUT2D eigenvalue weighted by molar-refractivity contribution is -0.142. The number of likely N-dealkylation sites (tertiary alicyclic amines) is 1. The van der Waals surface area contributed by atoms with Crippen molar-refractivity contribution in [1.82, 2.24) is 19.5 Å². The number of halogens is 1. The fourth-order valence-electron chi connectivity index (χ4n) is 4.74. The summed E-state index contributed by atoms with van der Waals surface area (Å²) in [5.41, 5.74) is 6.91. The smallest absolute Gasteiger partial charge is 0.459 e.